The Hall–Kier alpha value is -2.10. The van der Waals surface area contributed by atoms with Crippen LogP contribution in [0.2, 0.25) is 0 Å². The van der Waals surface area contributed by atoms with E-state index in [-0.39, 0.29) is 5.97 Å². The van der Waals surface area contributed by atoms with E-state index < -0.39 is 5.41 Å². The van der Waals surface area contributed by atoms with Crippen molar-refractivity contribution in [3.05, 3.63) is 36.2 Å². The highest BCUT2D eigenvalue weighted by atomic mass is 16.5. The van der Waals surface area contributed by atoms with Crippen LogP contribution in [-0.2, 0) is 14.9 Å². The SMILES string of the molecule is COC(=O)C(C)(C)c1nccc2cc(OC)ccc12. The van der Waals surface area contributed by atoms with Crippen molar-refractivity contribution in [2.45, 2.75) is 19.3 Å². The summed E-state index contributed by atoms with van der Waals surface area (Å²) in [6, 6.07) is 7.60. The number of benzene rings is 1. The van der Waals surface area contributed by atoms with Crippen LogP contribution in [-0.4, -0.2) is 25.2 Å². The van der Waals surface area contributed by atoms with Crippen molar-refractivity contribution < 1.29 is 14.3 Å². The van der Waals surface area contributed by atoms with Crippen LogP contribution in [0.1, 0.15) is 19.5 Å². The number of ether oxygens (including phenoxy) is 2. The number of hydrogen-bond acceptors (Lipinski definition) is 4. The lowest BCUT2D eigenvalue weighted by atomic mass is 9.86. The van der Waals surface area contributed by atoms with Crippen molar-refractivity contribution in [2.24, 2.45) is 0 Å². The van der Waals surface area contributed by atoms with Gasteiger partial charge in [-0.2, -0.15) is 0 Å². The summed E-state index contributed by atoms with van der Waals surface area (Å²) >= 11 is 0. The van der Waals surface area contributed by atoms with Gasteiger partial charge in [-0.3, -0.25) is 9.78 Å². The van der Waals surface area contributed by atoms with Crippen LogP contribution in [0.5, 0.6) is 5.75 Å². The first kappa shape index (κ1) is 13.3. The van der Waals surface area contributed by atoms with E-state index in [4.69, 9.17) is 9.47 Å². The number of aromatic nitrogens is 1. The van der Waals surface area contributed by atoms with Gasteiger partial charge in [-0.1, -0.05) is 0 Å². The molecule has 0 aliphatic heterocycles. The molecule has 4 heteroatoms. The summed E-state index contributed by atoms with van der Waals surface area (Å²) in [5, 5.41) is 1.92. The predicted octanol–water partition coefficient (Wildman–Crippen LogP) is 2.69. The molecule has 0 amide bonds. The molecular formula is C15H17NO3. The second-order valence-electron chi connectivity index (χ2n) is 4.86. The molecule has 4 nitrogen and oxygen atoms in total. The molecule has 0 radical (unpaired) electrons. The molecule has 1 aromatic heterocycles. The Labute approximate surface area is 112 Å². The van der Waals surface area contributed by atoms with Gasteiger partial charge in [-0.15, -0.1) is 0 Å². The lowest BCUT2D eigenvalue weighted by Gasteiger charge is -2.22. The van der Waals surface area contributed by atoms with Crippen LogP contribution in [0, 0.1) is 0 Å². The van der Waals surface area contributed by atoms with Crippen LogP contribution >= 0.6 is 0 Å². The molecule has 0 atom stereocenters. The molecule has 100 valence electrons. The first-order valence-corrected chi connectivity index (χ1v) is 6.02. The summed E-state index contributed by atoms with van der Waals surface area (Å²) in [7, 11) is 3.01. The van der Waals surface area contributed by atoms with Crippen molar-refractivity contribution in [3.63, 3.8) is 0 Å². The van der Waals surface area contributed by atoms with Gasteiger partial charge in [0.25, 0.3) is 0 Å². The number of hydrogen-bond donors (Lipinski definition) is 0. The molecule has 0 spiro atoms. The first-order valence-electron chi connectivity index (χ1n) is 6.02. The molecule has 0 N–H and O–H groups in total. The zero-order valence-corrected chi connectivity index (χ0v) is 11.6. The van der Waals surface area contributed by atoms with Gasteiger partial charge in [-0.05, 0) is 43.5 Å². The summed E-state index contributed by atoms with van der Waals surface area (Å²) < 4.78 is 10.1. The van der Waals surface area contributed by atoms with Crippen molar-refractivity contribution in [3.8, 4) is 5.75 Å². The lowest BCUT2D eigenvalue weighted by Crippen LogP contribution is -2.31. The summed E-state index contributed by atoms with van der Waals surface area (Å²) in [5.41, 5.74) is -0.0810. The number of pyridine rings is 1. The smallest absolute Gasteiger partial charge is 0.317 e. The molecule has 0 saturated carbocycles. The highest BCUT2D eigenvalue weighted by Gasteiger charge is 2.33. The van der Waals surface area contributed by atoms with Gasteiger partial charge in [0.2, 0.25) is 0 Å². The maximum atomic E-state index is 11.9. The molecule has 0 bridgehead atoms. The predicted molar refractivity (Wildman–Crippen MR) is 73.3 cm³/mol. The van der Waals surface area contributed by atoms with Gasteiger partial charge in [-0.25, -0.2) is 0 Å². The van der Waals surface area contributed by atoms with Gasteiger partial charge >= 0.3 is 5.97 Å². The number of fused-ring (bicyclic) bond motifs is 1. The third-order valence-corrected chi connectivity index (χ3v) is 3.26. The fourth-order valence-corrected chi connectivity index (χ4v) is 2.13. The minimum absolute atomic E-state index is 0.302. The summed E-state index contributed by atoms with van der Waals surface area (Å²) in [6.45, 7) is 3.62. The Bertz CT molecular complexity index is 620. The fraction of sp³-hybridized carbons (Fsp3) is 0.333. The van der Waals surface area contributed by atoms with E-state index in [0.29, 0.717) is 5.69 Å². The molecule has 19 heavy (non-hydrogen) atoms. The fourth-order valence-electron chi connectivity index (χ4n) is 2.13. The third kappa shape index (κ3) is 2.26. The molecule has 0 unspecified atom stereocenters. The van der Waals surface area contributed by atoms with E-state index >= 15 is 0 Å². The number of rotatable bonds is 3. The minimum Gasteiger partial charge on any atom is -0.497 e. The van der Waals surface area contributed by atoms with E-state index in [0.717, 1.165) is 16.5 Å². The zero-order chi connectivity index (χ0) is 14.0. The van der Waals surface area contributed by atoms with Crippen LogP contribution < -0.4 is 4.74 Å². The second-order valence-corrected chi connectivity index (χ2v) is 4.86. The van der Waals surface area contributed by atoms with Crippen molar-refractivity contribution in [2.75, 3.05) is 14.2 Å². The van der Waals surface area contributed by atoms with Crippen LogP contribution in [0.4, 0.5) is 0 Å². The van der Waals surface area contributed by atoms with E-state index in [1.807, 2.05) is 38.1 Å². The van der Waals surface area contributed by atoms with Crippen LogP contribution in [0.15, 0.2) is 30.5 Å². The average molecular weight is 259 g/mol. The van der Waals surface area contributed by atoms with E-state index in [9.17, 15) is 4.79 Å². The van der Waals surface area contributed by atoms with E-state index in [1.165, 1.54) is 7.11 Å². The molecule has 0 aliphatic rings. The first-order chi connectivity index (χ1) is 9.00. The minimum atomic E-state index is -0.789. The zero-order valence-electron chi connectivity index (χ0n) is 11.6. The monoisotopic (exact) mass is 259 g/mol. The largest absolute Gasteiger partial charge is 0.497 e. The number of esters is 1. The number of nitrogens with zero attached hydrogens (tertiary/aromatic N) is 1. The summed E-state index contributed by atoms with van der Waals surface area (Å²) in [4.78, 5) is 16.3. The van der Waals surface area contributed by atoms with Gasteiger partial charge in [0.15, 0.2) is 0 Å². The van der Waals surface area contributed by atoms with Crippen molar-refractivity contribution in [1.29, 1.82) is 0 Å². The second kappa shape index (κ2) is 4.88. The summed E-state index contributed by atoms with van der Waals surface area (Å²) in [5.74, 6) is 0.476. The topological polar surface area (TPSA) is 48.4 Å². The van der Waals surface area contributed by atoms with Crippen LogP contribution in [0.25, 0.3) is 10.8 Å². The Morgan fingerprint density at radius 2 is 1.95 bits per heavy atom. The van der Waals surface area contributed by atoms with Gasteiger partial charge in [0, 0.05) is 11.6 Å². The maximum Gasteiger partial charge on any atom is 0.317 e. The lowest BCUT2D eigenvalue weighted by molar-refractivity contribution is -0.146. The maximum absolute atomic E-state index is 11.9. The number of carbonyl (C=O) groups is 1. The molecule has 0 aliphatic carbocycles. The number of methoxy groups -OCH3 is 2. The van der Waals surface area contributed by atoms with Crippen molar-refractivity contribution >= 4 is 16.7 Å². The Morgan fingerprint density at radius 1 is 1.21 bits per heavy atom. The van der Waals surface area contributed by atoms with Gasteiger partial charge in [0.1, 0.15) is 11.2 Å². The molecule has 1 aromatic carbocycles. The van der Waals surface area contributed by atoms with Crippen LogP contribution in [0.3, 0.4) is 0 Å². The Morgan fingerprint density at radius 3 is 2.58 bits per heavy atom. The molecular weight excluding hydrogens is 242 g/mol. The Balaban J connectivity index is 2.65. The standard InChI is InChI=1S/C15H17NO3/c1-15(2,14(17)19-4)13-12-6-5-11(18-3)9-10(12)7-8-16-13/h5-9H,1-4H3. The van der Waals surface area contributed by atoms with E-state index in [1.54, 1.807) is 13.3 Å². The van der Waals surface area contributed by atoms with Gasteiger partial charge in [0.05, 0.1) is 19.9 Å². The average Bonchev–Trinajstić information content (AvgIpc) is 2.44. The molecule has 2 rings (SSSR count). The van der Waals surface area contributed by atoms with Crippen molar-refractivity contribution in [1.82, 2.24) is 4.98 Å². The normalized spacial score (nSPS) is 11.4. The number of carbonyl (C=O) groups excluding carboxylic acids is 1. The van der Waals surface area contributed by atoms with Gasteiger partial charge < -0.3 is 9.47 Å². The molecule has 2 aromatic rings. The quantitative estimate of drug-likeness (QED) is 0.795. The highest BCUT2D eigenvalue weighted by molar-refractivity contribution is 5.92. The third-order valence-electron chi connectivity index (χ3n) is 3.26. The molecule has 0 saturated heterocycles. The summed E-state index contributed by atoms with van der Waals surface area (Å²) in [6.07, 6.45) is 1.70. The Kier molecular flexibility index (Phi) is 3.42. The van der Waals surface area contributed by atoms with E-state index in [2.05, 4.69) is 4.98 Å². The highest BCUT2D eigenvalue weighted by Crippen LogP contribution is 2.31. The molecule has 1 heterocycles. The molecule has 0 fully saturated rings.